The monoisotopic (exact) mass is 230 g/mol. The Kier molecular flexibility index (Phi) is 2.46. The van der Waals surface area contributed by atoms with Crippen molar-refractivity contribution in [2.24, 2.45) is 5.92 Å². The molecule has 1 unspecified atom stereocenters. The van der Waals surface area contributed by atoms with Crippen LogP contribution in [0.5, 0.6) is 0 Å². The van der Waals surface area contributed by atoms with Gasteiger partial charge in [-0.15, -0.1) is 0 Å². The molecule has 1 aliphatic heterocycles. The molecular weight excluding hydrogens is 216 g/mol. The summed E-state index contributed by atoms with van der Waals surface area (Å²) in [7, 11) is 0. The van der Waals surface area contributed by atoms with Gasteiger partial charge < -0.3 is 4.74 Å². The van der Waals surface area contributed by atoms with Crippen molar-refractivity contribution < 1.29 is 14.3 Å². The highest BCUT2D eigenvalue weighted by Gasteiger charge is 2.36. The molecule has 2 aliphatic rings. The van der Waals surface area contributed by atoms with E-state index in [0.717, 1.165) is 12.8 Å². The molecule has 1 aromatic carbocycles. The highest BCUT2D eigenvalue weighted by Crippen LogP contribution is 2.42. The minimum atomic E-state index is -0.365. The van der Waals surface area contributed by atoms with Crippen LogP contribution in [0.1, 0.15) is 36.3 Å². The first-order chi connectivity index (χ1) is 8.24. The van der Waals surface area contributed by atoms with Gasteiger partial charge >= 0.3 is 11.9 Å². The van der Waals surface area contributed by atoms with Crippen LogP contribution in [-0.2, 0) is 20.7 Å². The molecule has 0 amide bonds. The average molecular weight is 230 g/mol. The van der Waals surface area contributed by atoms with E-state index in [0.29, 0.717) is 18.8 Å². The summed E-state index contributed by atoms with van der Waals surface area (Å²) in [5, 5.41) is 0. The lowest BCUT2D eigenvalue weighted by Gasteiger charge is -2.26. The first-order valence-corrected chi connectivity index (χ1v) is 6.05. The van der Waals surface area contributed by atoms with Gasteiger partial charge in [0.1, 0.15) is 0 Å². The number of carbonyl (C=O) groups is 2. The number of hydrogen-bond acceptors (Lipinski definition) is 3. The number of cyclic esters (lactones) is 2. The molecule has 1 aromatic rings. The van der Waals surface area contributed by atoms with Crippen LogP contribution in [0, 0.1) is 5.92 Å². The normalized spacial score (nSPS) is 24.6. The van der Waals surface area contributed by atoms with E-state index in [1.54, 1.807) is 0 Å². The molecule has 1 aliphatic carbocycles. The SMILES string of the molecule is O=C1CC(C2CCc3ccccc32)CC(=O)O1. The maximum atomic E-state index is 11.3. The van der Waals surface area contributed by atoms with Crippen LogP contribution >= 0.6 is 0 Å². The molecule has 1 heterocycles. The minimum Gasteiger partial charge on any atom is -0.393 e. The van der Waals surface area contributed by atoms with Crippen LogP contribution in [0.15, 0.2) is 24.3 Å². The summed E-state index contributed by atoms with van der Waals surface area (Å²) in [6.07, 6.45) is 2.86. The van der Waals surface area contributed by atoms with Crippen LogP contribution in [0.3, 0.4) is 0 Å². The van der Waals surface area contributed by atoms with Crippen molar-refractivity contribution >= 4 is 11.9 Å². The zero-order valence-corrected chi connectivity index (χ0v) is 9.52. The molecule has 1 atom stereocenters. The van der Waals surface area contributed by atoms with E-state index < -0.39 is 0 Å². The Bertz CT molecular complexity index is 462. The van der Waals surface area contributed by atoms with Crippen molar-refractivity contribution in [1.29, 1.82) is 0 Å². The largest absolute Gasteiger partial charge is 0.393 e. The van der Waals surface area contributed by atoms with Crippen LogP contribution in [0.25, 0.3) is 0 Å². The summed E-state index contributed by atoms with van der Waals surface area (Å²) in [5.74, 6) is -0.248. The van der Waals surface area contributed by atoms with Crippen molar-refractivity contribution in [3.63, 3.8) is 0 Å². The van der Waals surface area contributed by atoms with Gasteiger partial charge in [-0.3, -0.25) is 9.59 Å². The van der Waals surface area contributed by atoms with Gasteiger partial charge in [-0.1, -0.05) is 24.3 Å². The van der Waals surface area contributed by atoms with Crippen LogP contribution in [0.2, 0.25) is 0 Å². The van der Waals surface area contributed by atoms with Crippen molar-refractivity contribution in [2.75, 3.05) is 0 Å². The molecule has 3 heteroatoms. The number of benzene rings is 1. The van der Waals surface area contributed by atoms with Crippen LogP contribution in [0.4, 0.5) is 0 Å². The van der Waals surface area contributed by atoms with E-state index in [2.05, 4.69) is 16.9 Å². The smallest absolute Gasteiger partial charge is 0.313 e. The Morgan fingerprint density at radius 3 is 2.53 bits per heavy atom. The number of rotatable bonds is 1. The first kappa shape index (κ1) is 10.5. The van der Waals surface area contributed by atoms with Crippen molar-refractivity contribution in [2.45, 2.75) is 31.6 Å². The number of ether oxygens (including phenoxy) is 1. The summed E-state index contributed by atoms with van der Waals surface area (Å²) in [6, 6.07) is 8.33. The van der Waals surface area contributed by atoms with Gasteiger partial charge in [-0.2, -0.15) is 0 Å². The zero-order valence-electron chi connectivity index (χ0n) is 9.52. The molecule has 0 radical (unpaired) electrons. The molecule has 0 bridgehead atoms. The third-order valence-corrected chi connectivity index (χ3v) is 3.83. The van der Waals surface area contributed by atoms with Crippen molar-refractivity contribution in [3.05, 3.63) is 35.4 Å². The predicted molar refractivity (Wildman–Crippen MR) is 61.3 cm³/mol. The number of hydrogen-bond donors (Lipinski definition) is 0. The van der Waals surface area contributed by atoms with Gasteiger partial charge in [0.25, 0.3) is 0 Å². The fraction of sp³-hybridized carbons (Fsp3) is 0.429. The second kappa shape index (κ2) is 3.99. The molecule has 0 saturated carbocycles. The molecule has 1 fully saturated rings. The van der Waals surface area contributed by atoms with Gasteiger partial charge in [0.2, 0.25) is 0 Å². The summed E-state index contributed by atoms with van der Waals surface area (Å²) in [6.45, 7) is 0. The van der Waals surface area contributed by atoms with Crippen LogP contribution in [-0.4, -0.2) is 11.9 Å². The van der Waals surface area contributed by atoms with E-state index in [1.165, 1.54) is 11.1 Å². The highest BCUT2D eigenvalue weighted by atomic mass is 16.6. The summed E-state index contributed by atoms with van der Waals surface area (Å²) in [4.78, 5) is 22.6. The Balaban J connectivity index is 1.86. The molecule has 0 spiro atoms. The van der Waals surface area contributed by atoms with Gasteiger partial charge in [-0.05, 0) is 35.8 Å². The molecule has 0 aromatic heterocycles. The quantitative estimate of drug-likeness (QED) is 0.548. The van der Waals surface area contributed by atoms with Crippen molar-refractivity contribution in [3.8, 4) is 0 Å². The molecule has 1 saturated heterocycles. The van der Waals surface area contributed by atoms with Gasteiger partial charge in [0.15, 0.2) is 0 Å². The number of esters is 2. The van der Waals surface area contributed by atoms with E-state index in [9.17, 15) is 9.59 Å². The molecule has 3 nitrogen and oxygen atoms in total. The zero-order chi connectivity index (χ0) is 11.8. The fourth-order valence-electron chi connectivity index (χ4n) is 3.07. The topological polar surface area (TPSA) is 43.4 Å². The number of aryl methyl sites for hydroxylation is 1. The van der Waals surface area contributed by atoms with E-state index in [4.69, 9.17) is 0 Å². The Morgan fingerprint density at radius 2 is 1.76 bits per heavy atom. The molecular formula is C14H14O3. The van der Waals surface area contributed by atoms with Gasteiger partial charge in [0.05, 0.1) is 0 Å². The first-order valence-electron chi connectivity index (χ1n) is 6.05. The predicted octanol–water partition coefficient (Wildman–Crippen LogP) is 2.20. The Labute approximate surface area is 99.8 Å². The molecule has 3 rings (SSSR count). The maximum Gasteiger partial charge on any atom is 0.313 e. The summed E-state index contributed by atoms with van der Waals surface area (Å²) >= 11 is 0. The summed E-state index contributed by atoms with van der Waals surface area (Å²) in [5.41, 5.74) is 2.68. The molecule has 88 valence electrons. The van der Waals surface area contributed by atoms with E-state index in [1.807, 2.05) is 12.1 Å². The Morgan fingerprint density at radius 1 is 1.06 bits per heavy atom. The molecule has 0 N–H and O–H groups in total. The second-order valence-electron chi connectivity index (χ2n) is 4.86. The minimum absolute atomic E-state index is 0.132. The third kappa shape index (κ3) is 1.86. The number of carbonyl (C=O) groups excluding carboxylic acids is 2. The van der Waals surface area contributed by atoms with Crippen LogP contribution < -0.4 is 0 Å². The van der Waals surface area contributed by atoms with E-state index >= 15 is 0 Å². The average Bonchev–Trinajstić information content (AvgIpc) is 2.71. The van der Waals surface area contributed by atoms with Gasteiger partial charge in [0, 0.05) is 12.8 Å². The van der Waals surface area contributed by atoms with Gasteiger partial charge in [-0.25, -0.2) is 0 Å². The lowest BCUT2D eigenvalue weighted by Crippen LogP contribution is -2.28. The second-order valence-corrected chi connectivity index (χ2v) is 4.86. The lowest BCUT2D eigenvalue weighted by atomic mass is 9.82. The highest BCUT2D eigenvalue weighted by molar-refractivity contribution is 5.88. The van der Waals surface area contributed by atoms with E-state index in [-0.39, 0.29) is 17.9 Å². The lowest BCUT2D eigenvalue weighted by molar-refractivity contribution is -0.165. The standard InChI is InChI=1S/C14H14O3/c15-13-7-10(8-14(16)17-13)12-6-5-9-3-1-2-4-11(9)12/h1-4,10,12H,5-8H2. The summed E-state index contributed by atoms with van der Waals surface area (Å²) < 4.78 is 4.59. The van der Waals surface area contributed by atoms with Crippen molar-refractivity contribution in [1.82, 2.24) is 0 Å². The third-order valence-electron chi connectivity index (χ3n) is 3.83. The number of fused-ring (bicyclic) bond motifs is 1. The molecule has 17 heavy (non-hydrogen) atoms. The maximum absolute atomic E-state index is 11.3. The fourth-order valence-corrected chi connectivity index (χ4v) is 3.07. The Hall–Kier alpha value is -1.64.